The lowest BCUT2D eigenvalue weighted by atomic mass is 10.1. The fourth-order valence-corrected chi connectivity index (χ4v) is 3.52. The number of likely N-dealkylation sites (N-methyl/N-ethyl adjacent to an activating group) is 1. The van der Waals surface area contributed by atoms with Gasteiger partial charge in [-0.1, -0.05) is 66.0 Å². The lowest BCUT2D eigenvalue weighted by Crippen LogP contribution is -2.49. The number of nitrogens with zero attached hydrogens (tertiary/aromatic N) is 1. The Labute approximate surface area is 183 Å². The molecule has 2 aromatic rings. The summed E-state index contributed by atoms with van der Waals surface area (Å²) in [6.07, 6.45) is 1.49. The van der Waals surface area contributed by atoms with Gasteiger partial charge in [-0.25, -0.2) is 0 Å². The fourth-order valence-electron chi connectivity index (χ4n) is 3.20. The predicted molar refractivity (Wildman–Crippen MR) is 119 cm³/mol. The first-order chi connectivity index (χ1) is 13.8. The average Bonchev–Trinajstić information content (AvgIpc) is 2.70. The van der Waals surface area contributed by atoms with Gasteiger partial charge >= 0.3 is 0 Å². The Kier molecular flexibility index (Phi) is 8.99. The molecule has 0 radical (unpaired) electrons. The molecule has 1 unspecified atom stereocenters. The molecule has 156 valence electrons. The summed E-state index contributed by atoms with van der Waals surface area (Å²) in [6, 6.07) is 12.9. The van der Waals surface area contributed by atoms with Crippen molar-refractivity contribution in [3.05, 3.63) is 69.2 Å². The van der Waals surface area contributed by atoms with Crippen LogP contribution in [0.4, 0.5) is 0 Å². The van der Waals surface area contributed by atoms with E-state index in [1.807, 2.05) is 51.1 Å². The zero-order chi connectivity index (χ0) is 21.4. The third-order valence-electron chi connectivity index (χ3n) is 4.82. The molecule has 2 aromatic carbocycles. The Morgan fingerprint density at radius 3 is 2.24 bits per heavy atom. The minimum atomic E-state index is -0.532. The van der Waals surface area contributed by atoms with Gasteiger partial charge in [0.05, 0.1) is 10.0 Å². The molecule has 0 heterocycles. The van der Waals surface area contributed by atoms with Crippen molar-refractivity contribution < 1.29 is 9.59 Å². The number of rotatable bonds is 9. The maximum Gasteiger partial charge on any atom is 0.242 e. The Morgan fingerprint density at radius 1 is 1.00 bits per heavy atom. The smallest absolute Gasteiger partial charge is 0.242 e. The Hall–Kier alpha value is -2.04. The molecule has 0 aliphatic heterocycles. The number of benzene rings is 2. The zero-order valence-electron chi connectivity index (χ0n) is 17.2. The van der Waals surface area contributed by atoms with E-state index in [1.165, 1.54) is 5.56 Å². The van der Waals surface area contributed by atoms with Crippen molar-refractivity contribution >= 4 is 35.0 Å². The maximum absolute atomic E-state index is 13.1. The summed E-state index contributed by atoms with van der Waals surface area (Å²) in [5, 5.41) is 3.73. The van der Waals surface area contributed by atoms with Crippen molar-refractivity contribution in [3.8, 4) is 0 Å². The van der Waals surface area contributed by atoms with E-state index in [-0.39, 0.29) is 11.8 Å². The van der Waals surface area contributed by atoms with E-state index < -0.39 is 6.04 Å². The van der Waals surface area contributed by atoms with Gasteiger partial charge in [-0.05, 0) is 49.9 Å². The van der Waals surface area contributed by atoms with Gasteiger partial charge in [0.15, 0.2) is 0 Å². The monoisotopic (exact) mass is 434 g/mol. The summed E-state index contributed by atoms with van der Waals surface area (Å²) in [5.74, 6) is -0.200. The molecule has 4 nitrogen and oxygen atoms in total. The van der Waals surface area contributed by atoms with Crippen LogP contribution in [0.25, 0.3) is 0 Å². The van der Waals surface area contributed by atoms with Crippen molar-refractivity contribution in [2.24, 2.45) is 0 Å². The standard InChI is InChI=1S/C23H28Cl2N2O2/c1-4-21(23(29)26-5-2)27(15-18-10-12-19(24)20(25)14-18)22(28)13-11-17-8-6-16(3)7-9-17/h6-10,12,14,21H,4-5,11,13,15H2,1-3H3,(H,26,29). The van der Waals surface area contributed by atoms with Crippen molar-refractivity contribution in [1.29, 1.82) is 0 Å². The zero-order valence-corrected chi connectivity index (χ0v) is 18.7. The molecule has 1 atom stereocenters. The van der Waals surface area contributed by atoms with Crippen LogP contribution in [0, 0.1) is 6.92 Å². The van der Waals surface area contributed by atoms with Crippen LogP contribution in [0.1, 0.15) is 43.4 Å². The summed E-state index contributed by atoms with van der Waals surface area (Å²) < 4.78 is 0. The molecule has 2 amide bonds. The maximum atomic E-state index is 13.1. The second kappa shape index (κ2) is 11.2. The Bertz CT molecular complexity index is 837. The summed E-state index contributed by atoms with van der Waals surface area (Å²) in [5.41, 5.74) is 3.12. The molecule has 0 aliphatic rings. The summed E-state index contributed by atoms with van der Waals surface area (Å²) in [7, 11) is 0. The lowest BCUT2D eigenvalue weighted by molar-refractivity contribution is -0.141. The Morgan fingerprint density at radius 2 is 1.66 bits per heavy atom. The van der Waals surface area contributed by atoms with E-state index in [9.17, 15) is 9.59 Å². The molecule has 0 saturated carbocycles. The van der Waals surface area contributed by atoms with E-state index >= 15 is 0 Å². The highest BCUT2D eigenvalue weighted by Crippen LogP contribution is 2.24. The molecule has 1 N–H and O–H groups in total. The third-order valence-corrected chi connectivity index (χ3v) is 5.56. The highest BCUT2D eigenvalue weighted by Gasteiger charge is 2.28. The van der Waals surface area contributed by atoms with Gasteiger partial charge in [0.2, 0.25) is 11.8 Å². The normalized spacial score (nSPS) is 11.8. The minimum absolute atomic E-state index is 0.0604. The van der Waals surface area contributed by atoms with Gasteiger partial charge in [-0.15, -0.1) is 0 Å². The van der Waals surface area contributed by atoms with Gasteiger partial charge in [0.25, 0.3) is 0 Å². The van der Waals surface area contributed by atoms with Crippen LogP contribution in [0.3, 0.4) is 0 Å². The van der Waals surface area contributed by atoms with Gasteiger partial charge in [-0.3, -0.25) is 9.59 Å². The van der Waals surface area contributed by atoms with Crippen molar-refractivity contribution in [2.75, 3.05) is 6.54 Å². The number of hydrogen-bond acceptors (Lipinski definition) is 2. The first-order valence-electron chi connectivity index (χ1n) is 9.92. The highest BCUT2D eigenvalue weighted by atomic mass is 35.5. The molecule has 0 spiro atoms. The van der Waals surface area contributed by atoms with Crippen LogP contribution in [0.15, 0.2) is 42.5 Å². The molecule has 0 fully saturated rings. The van der Waals surface area contributed by atoms with Crippen LogP contribution in [-0.4, -0.2) is 29.3 Å². The van der Waals surface area contributed by atoms with Crippen LogP contribution < -0.4 is 5.32 Å². The predicted octanol–water partition coefficient (Wildman–Crippen LogP) is 5.18. The quantitative estimate of drug-likeness (QED) is 0.590. The van der Waals surface area contributed by atoms with E-state index in [0.717, 1.165) is 11.1 Å². The molecule has 6 heteroatoms. The van der Waals surface area contributed by atoms with E-state index in [4.69, 9.17) is 23.2 Å². The molecule has 0 aromatic heterocycles. The Balaban J connectivity index is 2.21. The van der Waals surface area contributed by atoms with Gasteiger partial charge < -0.3 is 10.2 Å². The largest absolute Gasteiger partial charge is 0.355 e. The second-order valence-corrected chi connectivity index (χ2v) is 7.89. The number of carbonyl (C=O) groups excluding carboxylic acids is 2. The molecule has 29 heavy (non-hydrogen) atoms. The third kappa shape index (κ3) is 6.76. The van der Waals surface area contributed by atoms with E-state index in [2.05, 4.69) is 5.32 Å². The van der Waals surface area contributed by atoms with Crippen molar-refractivity contribution in [3.63, 3.8) is 0 Å². The van der Waals surface area contributed by atoms with Crippen LogP contribution in [0.5, 0.6) is 0 Å². The van der Waals surface area contributed by atoms with Crippen LogP contribution in [-0.2, 0) is 22.6 Å². The summed E-state index contributed by atoms with van der Waals surface area (Å²) in [6.45, 7) is 6.64. The number of amides is 2. The summed E-state index contributed by atoms with van der Waals surface area (Å²) >= 11 is 12.2. The van der Waals surface area contributed by atoms with E-state index in [0.29, 0.717) is 42.4 Å². The number of nitrogens with one attached hydrogen (secondary N) is 1. The second-order valence-electron chi connectivity index (χ2n) is 7.07. The van der Waals surface area contributed by atoms with Gasteiger partial charge in [0, 0.05) is 19.5 Å². The van der Waals surface area contributed by atoms with Crippen molar-refractivity contribution in [2.45, 2.75) is 52.6 Å². The molecule has 0 bridgehead atoms. The van der Waals surface area contributed by atoms with Gasteiger partial charge in [-0.2, -0.15) is 0 Å². The molecular weight excluding hydrogens is 407 g/mol. The minimum Gasteiger partial charge on any atom is -0.355 e. The molecule has 0 aliphatic carbocycles. The average molecular weight is 435 g/mol. The summed E-state index contributed by atoms with van der Waals surface area (Å²) in [4.78, 5) is 27.4. The van der Waals surface area contributed by atoms with Gasteiger partial charge in [0.1, 0.15) is 6.04 Å². The topological polar surface area (TPSA) is 49.4 Å². The van der Waals surface area contributed by atoms with Crippen LogP contribution >= 0.6 is 23.2 Å². The van der Waals surface area contributed by atoms with Crippen LogP contribution in [0.2, 0.25) is 10.0 Å². The first-order valence-corrected chi connectivity index (χ1v) is 10.7. The SMILES string of the molecule is CCNC(=O)C(CC)N(Cc1ccc(Cl)c(Cl)c1)C(=O)CCc1ccc(C)cc1. The number of carbonyl (C=O) groups is 2. The first kappa shape index (κ1) is 23.2. The molecule has 2 rings (SSSR count). The lowest BCUT2D eigenvalue weighted by Gasteiger charge is -2.30. The fraction of sp³-hybridized carbons (Fsp3) is 0.391. The molecule has 0 saturated heterocycles. The number of hydrogen-bond donors (Lipinski definition) is 1. The van der Waals surface area contributed by atoms with Crippen molar-refractivity contribution in [1.82, 2.24) is 10.2 Å². The number of aryl methyl sites for hydroxylation is 2. The molecular formula is C23H28Cl2N2O2. The van der Waals surface area contributed by atoms with E-state index in [1.54, 1.807) is 17.0 Å². The number of halogens is 2. The highest BCUT2D eigenvalue weighted by molar-refractivity contribution is 6.42.